The van der Waals surface area contributed by atoms with Crippen molar-refractivity contribution in [3.05, 3.63) is 53.7 Å². The summed E-state index contributed by atoms with van der Waals surface area (Å²) in [6.07, 6.45) is 5.96. The molecular weight excluding hydrogens is 434 g/mol. The minimum atomic E-state index is 0.412. The minimum Gasteiger partial charge on any atom is -0.469 e. The van der Waals surface area contributed by atoms with E-state index in [1.807, 2.05) is 12.1 Å². The second-order valence-corrected chi connectivity index (χ2v) is 9.60. The third-order valence-corrected chi connectivity index (χ3v) is 6.87. The Balaban J connectivity index is 1.50. The van der Waals surface area contributed by atoms with Crippen molar-refractivity contribution in [1.82, 2.24) is 24.8 Å². The minimum absolute atomic E-state index is 0.412. The lowest BCUT2D eigenvalue weighted by atomic mass is 10.1. The van der Waals surface area contributed by atoms with Gasteiger partial charge >= 0.3 is 0 Å². The van der Waals surface area contributed by atoms with E-state index in [1.165, 1.54) is 28.0 Å². The van der Waals surface area contributed by atoms with Gasteiger partial charge in [-0.1, -0.05) is 25.6 Å². The van der Waals surface area contributed by atoms with Crippen molar-refractivity contribution in [3.8, 4) is 0 Å². The Morgan fingerprint density at radius 3 is 3.03 bits per heavy atom. The van der Waals surface area contributed by atoms with Crippen LogP contribution in [0.15, 0.2) is 51.3 Å². The van der Waals surface area contributed by atoms with Gasteiger partial charge in [-0.15, -0.1) is 0 Å². The van der Waals surface area contributed by atoms with Crippen LogP contribution in [0, 0.1) is 0 Å². The van der Waals surface area contributed by atoms with Crippen molar-refractivity contribution in [3.63, 3.8) is 0 Å². The molecule has 0 radical (unpaired) electrons. The second kappa shape index (κ2) is 9.44. The van der Waals surface area contributed by atoms with Crippen LogP contribution in [0.3, 0.4) is 0 Å². The van der Waals surface area contributed by atoms with Crippen molar-refractivity contribution in [2.75, 3.05) is 24.1 Å². The molecule has 0 aliphatic carbocycles. The fourth-order valence-corrected chi connectivity index (χ4v) is 5.23. The molecule has 172 valence electrons. The summed E-state index contributed by atoms with van der Waals surface area (Å²) in [4.78, 5) is 14.7. The molecule has 8 nitrogen and oxygen atoms in total. The zero-order valence-corrected chi connectivity index (χ0v) is 19.8. The van der Waals surface area contributed by atoms with Crippen molar-refractivity contribution in [1.29, 1.82) is 0 Å². The molecule has 0 saturated carbocycles. The van der Waals surface area contributed by atoms with E-state index in [2.05, 4.69) is 51.1 Å². The first-order valence-electron chi connectivity index (χ1n) is 11.4. The number of nitrogen functional groups attached to an aromatic ring is 1. The topological polar surface area (TPSA) is 107 Å². The quantitative estimate of drug-likeness (QED) is 0.319. The van der Waals surface area contributed by atoms with Crippen molar-refractivity contribution < 1.29 is 4.42 Å². The number of nitrogens with one attached hydrogen (secondary N) is 2. The molecule has 5 rings (SSSR count). The molecule has 4 heterocycles. The van der Waals surface area contributed by atoms with Crippen LogP contribution in [-0.4, -0.2) is 38.7 Å². The summed E-state index contributed by atoms with van der Waals surface area (Å²) in [6, 6.07) is 8.95. The van der Waals surface area contributed by atoms with Gasteiger partial charge in [-0.2, -0.15) is 0 Å². The Morgan fingerprint density at radius 2 is 2.21 bits per heavy atom. The second-order valence-electron chi connectivity index (χ2n) is 8.59. The highest BCUT2D eigenvalue weighted by molar-refractivity contribution is 7.99. The van der Waals surface area contributed by atoms with E-state index in [9.17, 15) is 0 Å². The molecule has 33 heavy (non-hydrogen) atoms. The molecule has 3 aromatic heterocycles. The Labute approximate surface area is 197 Å². The van der Waals surface area contributed by atoms with Crippen LogP contribution >= 0.6 is 11.8 Å². The van der Waals surface area contributed by atoms with Gasteiger partial charge in [0, 0.05) is 36.1 Å². The first-order chi connectivity index (χ1) is 16.1. The number of anilines is 2. The normalized spacial score (nSPS) is 13.1. The predicted octanol–water partition coefficient (Wildman–Crippen LogP) is 4.10. The smallest absolute Gasteiger partial charge is 0.175 e. The molecule has 0 saturated heterocycles. The molecule has 0 spiro atoms. The maximum Gasteiger partial charge on any atom is 0.175 e. The lowest BCUT2D eigenvalue weighted by molar-refractivity contribution is 0.519. The van der Waals surface area contributed by atoms with Crippen LogP contribution in [0.1, 0.15) is 37.2 Å². The summed E-state index contributed by atoms with van der Waals surface area (Å²) in [6.45, 7) is 7.01. The van der Waals surface area contributed by atoms with Crippen LogP contribution in [0.25, 0.3) is 11.2 Å². The maximum absolute atomic E-state index is 6.15. The van der Waals surface area contributed by atoms with Gasteiger partial charge in [0.05, 0.1) is 6.26 Å². The van der Waals surface area contributed by atoms with Gasteiger partial charge in [-0.3, -0.25) is 0 Å². The zero-order valence-electron chi connectivity index (χ0n) is 19.0. The van der Waals surface area contributed by atoms with Crippen LogP contribution in [0.2, 0.25) is 0 Å². The van der Waals surface area contributed by atoms with Gasteiger partial charge in [0.2, 0.25) is 0 Å². The Bertz CT molecular complexity index is 1250. The Morgan fingerprint density at radius 1 is 1.30 bits per heavy atom. The largest absolute Gasteiger partial charge is 0.469 e. The van der Waals surface area contributed by atoms with Gasteiger partial charge in [-0.05, 0) is 54.8 Å². The highest BCUT2D eigenvalue weighted by atomic mass is 32.2. The molecule has 1 aliphatic rings. The highest BCUT2D eigenvalue weighted by Gasteiger charge is 2.20. The van der Waals surface area contributed by atoms with Gasteiger partial charge in [0.15, 0.2) is 22.1 Å². The van der Waals surface area contributed by atoms with Gasteiger partial charge in [0.1, 0.15) is 12.1 Å². The standard InChI is InChI=1S/C24H29N7OS/c1-15(2)26-7-4-9-31-23-21(22(25)28-14-29-23)30-24(31)33-20-13-16-6-8-27-19(16)12-17(20)11-18-5-3-10-32-18/h3,5,10,12-15,26-27H,4,6-9,11H2,1-2H3,(H2,25,28,29). The number of nitrogens with zero attached hydrogens (tertiary/aromatic N) is 4. The summed E-state index contributed by atoms with van der Waals surface area (Å²) >= 11 is 1.67. The number of aromatic nitrogens is 4. The maximum atomic E-state index is 6.15. The lowest BCUT2D eigenvalue weighted by Crippen LogP contribution is -2.24. The third kappa shape index (κ3) is 4.69. The third-order valence-electron chi connectivity index (χ3n) is 5.78. The summed E-state index contributed by atoms with van der Waals surface area (Å²) in [5, 5.41) is 7.86. The van der Waals surface area contributed by atoms with Crippen molar-refractivity contribution >= 4 is 34.4 Å². The highest BCUT2D eigenvalue weighted by Crippen LogP contribution is 2.38. The SMILES string of the molecule is CC(C)NCCCn1c(Sc2cc3c(cc2Cc2ccco2)NCC3)nc2c(N)ncnc21. The van der Waals surface area contributed by atoms with Crippen LogP contribution in [0.4, 0.5) is 11.5 Å². The average Bonchev–Trinajstić information content (AvgIpc) is 3.53. The van der Waals surface area contributed by atoms with E-state index in [1.54, 1.807) is 18.0 Å². The molecule has 1 aliphatic heterocycles. The summed E-state index contributed by atoms with van der Waals surface area (Å²) in [5.41, 5.74) is 11.4. The van der Waals surface area contributed by atoms with E-state index < -0.39 is 0 Å². The lowest BCUT2D eigenvalue weighted by Gasteiger charge is -2.13. The predicted molar refractivity (Wildman–Crippen MR) is 132 cm³/mol. The molecule has 0 amide bonds. The number of imidazole rings is 1. The van der Waals surface area contributed by atoms with Gasteiger partial charge in [0.25, 0.3) is 0 Å². The van der Waals surface area contributed by atoms with E-state index in [4.69, 9.17) is 15.1 Å². The zero-order chi connectivity index (χ0) is 22.8. The number of benzene rings is 1. The Hall–Kier alpha value is -3.04. The number of hydrogen-bond acceptors (Lipinski definition) is 8. The van der Waals surface area contributed by atoms with Gasteiger partial charge in [-0.25, -0.2) is 15.0 Å². The molecule has 4 N–H and O–H groups in total. The van der Waals surface area contributed by atoms with Crippen molar-refractivity contribution in [2.45, 2.75) is 55.7 Å². The first-order valence-corrected chi connectivity index (χ1v) is 12.2. The molecule has 9 heteroatoms. The fraction of sp³-hybridized carbons (Fsp3) is 0.375. The molecule has 1 aromatic carbocycles. The summed E-state index contributed by atoms with van der Waals surface area (Å²) in [5.74, 6) is 1.35. The van der Waals surface area contributed by atoms with Gasteiger partial charge < -0.3 is 25.4 Å². The summed E-state index contributed by atoms with van der Waals surface area (Å²) < 4.78 is 7.81. The van der Waals surface area contributed by atoms with Crippen LogP contribution < -0.4 is 16.4 Å². The van der Waals surface area contributed by atoms with E-state index in [0.717, 1.165) is 55.5 Å². The van der Waals surface area contributed by atoms with E-state index in [0.29, 0.717) is 17.4 Å². The molecule has 0 unspecified atom stereocenters. The Kier molecular flexibility index (Phi) is 6.24. The number of rotatable bonds is 9. The number of nitrogens with two attached hydrogens (primary N) is 1. The number of furan rings is 1. The number of aryl methyl sites for hydroxylation is 1. The molecule has 0 fully saturated rings. The molecule has 4 aromatic rings. The fourth-order valence-electron chi connectivity index (χ4n) is 4.14. The average molecular weight is 464 g/mol. The summed E-state index contributed by atoms with van der Waals surface area (Å²) in [7, 11) is 0. The van der Waals surface area contributed by atoms with Crippen LogP contribution in [0.5, 0.6) is 0 Å². The molecule has 0 bridgehead atoms. The number of hydrogen-bond donors (Lipinski definition) is 3. The van der Waals surface area contributed by atoms with E-state index in [-0.39, 0.29) is 0 Å². The van der Waals surface area contributed by atoms with E-state index >= 15 is 0 Å². The monoisotopic (exact) mass is 463 g/mol. The van der Waals surface area contributed by atoms with Crippen LogP contribution in [-0.2, 0) is 19.4 Å². The molecule has 0 atom stereocenters. The first kappa shape index (κ1) is 21.8. The number of fused-ring (bicyclic) bond motifs is 2. The van der Waals surface area contributed by atoms with Crippen molar-refractivity contribution in [2.24, 2.45) is 0 Å². The molecular formula is C24H29N7OS.